The largest absolute Gasteiger partial charge is 0.480 e. The molecule has 5 heteroatoms. The average Bonchev–Trinajstić information content (AvgIpc) is 2.34. The number of aryl methyl sites for hydroxylation is 1. The van der Waals surface area contributed by atoms with E-state index in [-0.39, 0.29) is 18.5 Å². The van der Waals surface area contributed by atoms with Gasteiger partial charge in [-0.25, -0.2) is 0 Å². The fourth-order valence-electron chi connectivity index (χ4n) is 1.59. The van der Waals surface area contributed by atoms with E-state index < -0.39 is 5.97 Å². The van der Waals surface area contributed by atoms with Crippen molar-refractivity contribution >= 4 is 11.9 Å². The summed E-state index contributed by atoms with van der Waals surface area (Å²) >= 11 is 0. The summed E-state index contributed by atoms with van der Waals surface area (Å²) in [4.78, 5) is 28.3. The lowest BCUT2D eigenvalue weighted by Crippen LogP contribution is -2.41. The van der Waals surface area contributed by atoms with Crippen LogP contribution < -0.4 is 0 Å². The Kier molecular flexibility index (Phi) is 4.83. The fourth-order valence-corrected chi connectivity index (χ4v) is 1.59. The standard InChI is InChI=1S/C13H18N2O3/c1-4-10-5-6-14-11(7-10)13(18)15(9(2)3)8-12(16)17/h5-7,9H,4,8H2,1-3H3,(H,16,17). The molecule has 1 amide bonds. The second-order valence-electron chi connectivity index (χ2n) is 4.32. The third-order valence-electron chi connectivity index (χ3n) is 2.64. The Morgan fingerprint density at radius 1 is 1.44 bits per heavy atom. The van der Waals surface area contributed by atoms with Crippen molar-refractivity contribution in [1.82, 2.24) is 9.88 Å². The zero-order valence-electron chi connectivity index (χ0n) is 10.9. The van der Waals surface area contributed by atoms with Crippen LogP contribution in [-0.4, -0.2) is 39.5 Å². The van der Waals surface area contributed by atoms with Crippen LogP contribution in [-0.2, 0) is 11.2 Å². The summed E-state index contributed by atoms with van der Waals surface area (Å²) in [6.45, 7) is 5.24. The lowest BCUT2D eigenvalue weighted by atomic mass is 10.1. The van der Waals surface area contributed by atoms with Crippen LogP contribution in [0, 0.1) is 0 Å². The van der Waals surface area contributed by atoms with Crippen molar-refractivity contribution in [3.05, 3.63) is 29.6 Å². The molecule has 0 aliphatic rings. The number of carboxylic acids is 1. The number of amides is 1. The topological polar surface area (TPSA) is 70.5 Å². The number of carboxylic acid groups (broad SMARTS) is 1. The Morgan fingerprint density at radius 2 is 2.11 bits per heavy atom. The molecule has 5 nitrogen and oxygen atoms in total. The van der Waals surface area contributed by atoms with E-state index in [1.807, 2.05) is 13.0 Å². The molecule has 98 valence electrons. The highest BCUT2D eigenvalue weighted by Gasteiger charge is 2.22. The minimum absolute atomic E-state index is 0.180. The number of hydrogen-bond acceptors (Lipinski definition) is 3. The molecule has 0 aliphatic carbocycles. The van der Waals surface area contributed by atoms with Gasteiger partial charge in [0.25, 0.3) is 5.91 Å². The van der Waals surface area contributed by atoms with Crippen LogP contribution >= 0.6 is 0 Å². The molecular weight excluding hydrogens is 232 g/mol. The summed E-state index contributed by atoms with van der Waals surface area (Å²) in [5.74, 6) is -1.37. The first-order chi connectivity index (χ1) is 8.45. The van der Waals surface area contributed by atoms with E-state index in [1.54, 1.807) is 26.1 Å². The quantitative estimate of drug-likeness (QED) is 0.861. The van der Waals surface area contributed by atoms with Gasteiger partial charge in [-0.05, 0) is 38.0 Å². The van der Waals surface area contributed by atoms with E-state index in [2.05, 4.69) is 4.98 Å². The first-order valence-corrected chi connectivity index (χ1v) is 5.93. The molecule has 1 aromatic rings. The van der Waals surface area contributed by atoms with Crippen LogP contribution in [0.4, 0.5) is 0 Å². The molecule has 1 aromatic heterocycles. The Hall–Kier alpha value is -1.91. The molecule has 0 saturated carbocycles. The van der Waals surface area contributed by atoms with Crippen molar-refractivity contribution in [2.75, 3.05) is 6.54 Å². The van der Waals surface area contributed by atoms with Gasteiger partial charge in [-0.15, -0.1) is 0 Å². The van der Waals surface area contributed by atoms with Gasteiger partial charge in [0.2, 0.25) is 0 Å². The van der Waals surface area contributed by atoms with E-state index >= 15 is 0 Å². The minimum atomic E-state index is -1.02. The maximum absolute atomic E-state index is 12.2. The molecule has 0 atom stereocenters. The van der Waals surface area contributed by atoms with E-state index in [1.165, 1.54) is 4.90 Å². The number of aromatic nitrogens is 1. The first-order valence-electron chi connectivity index (χ1n) is 5.93. The Labute approximate surface area is 106 Å². The molecular formula is C13H18N2O3. The zero-order chi connectivity index (χ0) is 13.7. The summed E-state index contributed by atoms with van der Waals surface area (Å²) in [6, 6.07) is 3.37. The third kappa shape index (κ3) is 3.55. The molecule has 0 aromatic carbocycles. The van der Waals surface area contributed by atoms with Crippen molar-refractivity contribution < 1.29 is 14.7 Å². The highest BCUT2D eigenvalue weighted by molar-refractivity contribution is 5.94. The monoisotopic (exact) mass is 250 g/mol. The Bertz CT molecular complexity index is 444. The SMILES string of the molecule is CCc1ccnc(C(=O)N(CC(=O)O)C(C)C)c1. The van der Waals surface area contributed by atoms with Gasteiger partial charge in [-0.2, -0.15) is 0 Å². The molecule has 0 saturated heterocycles. The molecule has 1 heterocycles. The van der Waals surface area contributed by atoms with Crippen LogP contribution in [0.1, 0.15) is 36.8 Å². The lowest BCUT2D eigenvalue weighted by molar-refractivity contribution is -0.138. The third-order valence-corrected chi connectivity index (χ3v) is 2.64. The second kappa shape index (κ2) is 6.14. The maximum Gasteiger partial charge on any atom is 0.323 e. The zero-order valence-corrected chi connectivity index (χ0v) is 10.9. The van der Waals surface area contributed by atoms with Gasteiger partial charge in [0.15, 0.2) is 0 Å². The van der Waals surface area contributed by atoms with Crippen molar-refractivity contribution in [2.45, 2.75) is 33.2 Å². The summed E-state index contributed by atoms with van der Waals surface area (Å²) in [5, 5.41) is 8.82. The smallest absolute Gasteiger partial charge is 0.323 e. The maximum atomic E-state index is 12.2. The van der Waals surface area contributed by atoms with Gasteiger partial charge in [0, 0.05) is 12.2 Å². The minimum Gasteiger partial charge on any atom is -0.480 e. The van der Waals surface area contributed by atoms with E-state index in [9.17, 15) is 9.59 Å². The fraction of sp³-hybridized carbons (Fsp3) is 0.462. The Balaban J connectivity index is 2.97. The molecule has 0 fully saturated rings. The predicted molar refractivity (Wildman–Crippen MR) is 67.4 cm³/mol. The van der Waals surface area contributed by atoms with E-state index in [0.717, 1.165) is 12.0 Å². The molecule has 0 bridgehead atoms. The van der Waals surface area contributed by atoms with Gasteiger partial charge in [-0.1, -0.05) is 6.92 Å². The highest BCUT2D eigenvalue weighted by atomic mass is 16.4. The molecule has 18 heavy (non-hydrogen) atoms. The molecule has 1 rings (SSSR count). The van der Waals surface area contributed by atoms with Gasteiger partial charge in [-0.3, -0.25) is 14.6 Å². The Morgan fingerprint density at radius 3 is 2.61 bits per heavy atom. The average molecular weight is 250 g/mol. The van der Waals surface area contributed by atoms with Crippen molar-refractivity contribution in [1.29, 1.82) is 0 Å². The van der Waals surface area contributed by atoms with Gasteiger partial charge < -0.3 is 10.0 Å². The van der Waals surface area contributed by atoms with E-state index in [0.29, 0.717) is 5.69 Å². The van der Waals surface area contributed by atoms with Crippen LogP contribution in [0.25, 0.3) is 0 Å². The summed E-state index contributed by atoms with van der Waals surface area (Å²) in [7, 11) is 0. The summed E-state index contributed by atoms with van der Waals surface area (Å²) in [5.41, 5.74) is 1.30. The molecule has 0 aliphatic heterocycles. The number of rotatable bonds is 5. The molecule has 0 spiro atoms. The second-order valence-corrected chi connectivity index (χ2v) is 4.32. The van der Waals surface area contributed by atoms with Crippen LogP contribution in [0.2, 0.25) is 0 Å². The van der Waals surface area contributed by atoms with Crippen molar-refractivity contribution in [2.24, 2.45) is 0 Å². The van der Waals surface area contributed by atoms with Crippen LogP contribution in [0.5, 0.6) is 0 Å². The number of hydrogen-bond donors (Lipinski definition) is 1. The normalized spacial score (nSPS) is 10.4. The summed E-state index contributed by atoms with van der Waals surface area (Å²) in [6.07, 6.45) is 2.38. The van der Waals surface area contributed by atoms with Crippen molar-refractivity contribution in [3.63, 3.8) is 0 Å². The van der Waals surface area contributed by atoms with Gasteiger partial charge >= 0.3 is 5.97 Å². The first kappa shape index (κ1) is 14.2. The van der Waals surface area contributed by atoms with E-state index in [4.69, 9.17) is 5.11 Å². The molecule has 0 radical (unpaired) electrons. The summed E-state index contributed by atoms with van der Waals surface area (Å²) < 4.78 is 0. The van der Waals surface area contributed by atoms with Gasteiger partial charge in [0.05, 0.1) is 0 Å². The molecule has 0 unspecified atom stereocenters. The number of nitrogens with zero attached hydrogens (tertiary/aromatic N) is 2. The lowest BCUT2D eigenvalue weighted by Gasteiger charge is -2.24. The molecule has 1 N–H and O–H groups in total. The number of carbonyl (C=O) groups is 2. The van der Waals surface area contributed by atoms with Crippen LogP contribution in [0.15, 0.2) is 18.3 Å². The number of pyridine rings is 1. The highest BCUT2D eigenvalue weighted by Crippen LogP contribution is 2.09. The van der Waals surface area contributed by atoms with Crippen LogP contribution in [0.3, 0.4) is 0 Å². The predicted octanol–water partition coefficient (Wildman–Crippen LogP) is 1.58. The van der Waals surface area contributed by atoms with Crippen molar-refractivity contribution in [3.8, 4) is 0 Å². The van der Waals surface area contributed by atoms with Gasteiger partial charge in [0.1, 0.15) is 12.2 Å². The number of carbonyl (C=O) groups excluding carboxylic acids is 1. The number of aliphatic carboxylic acids is 1.